The van der Waals surface area contributed by atoms with Gasteiger partial charge in [-0.1, -0.05) is 43.2 Å². The van der Waals surface area contributed by atoms with Crippen LogP contribution in [0.15, 0.2) is 77.8 Å². The molecule has 5 rings (SSSR count). The Balaban J connectivity index is 0.000000257. The monoisotopic (exact) mass is 535 g/mol. The van der Waals surface area contributed by atoms with Crippen LogP contribution in [0.25, 0.3) is 11.1 Å². The van der Waals surface area contributed by atoms with Crippen molar-refractivity contribution in [1.82, 2.24) is 9.80 Å². The molecule has 2 aliphatic rings. The number of nitrogen functional groups attached to an aromatic ring is 1. The lowest BCUT2D eigenvalue weighted by Crippen LogP contribution is -2.47. The minimum atomic E-state index is 0.442. The van der Waals surface area contributed by atoms with Gasteiger partial charge >= 0.3 is 0 Å². The quantitative estimate of drug-likeness (QED) is 0.287. The number of piperazine rings is 1. The number of carbonyl (C=O) groups excluding carboxylic acids is 1. The van der Waals surface area contributed by atoms with Gasteiger partial charge in [-0.2, -0.15) is 0 Å². The summed E-state index contributed by atoms with van der Waals surface area (Å²) >= 11 is 5.67. The van der Waals surface area contributed by atoms with Gasteiger partial charge in [0, 0.05) is 55.4 Å². The van der Waals surface area contributed by atoms with Crippen LogP contribution in [0.5, 0.6) is 0 Å². The standard InChI is InChI=1S/C23H31N3O.C7H7ClN2O/c1-20(18-24-11-4-2-3-5-12-24)25-13-15-26(16-14-25)23-8-6-21(7-9-23)22-10-17-27-19-22;8-6-3-5(10-4-11)1-2-7(6)9/h6-10,17,19H,1-5,11-16,18H2;1-4H,9H2,(H,10,11). The number of likely N-dealkylation sites (tertiary alicyclic amines) is 1. The summed E-state index contributed by atoms with van der Waals surface area (Å²) in [6, 6.07) is 15.7. The van der Waals surface area contributed by atoms with E-state index >= 15 is 0 Å². The lowest BCUT2D eigenvalue weighted by atomic mass is 10.1. The van der Waals surface area contributed by atoms with Gasteiger partial charge in [-0.25, -0.2) is 0 Å². The molecular formula is C30H38ClN5O2. The second-order valence-electron chi connectivity index (χ2n) is 9.79. The van der Waals surface area contributed by atoms with Gasteiger partial charge in [0.15, 0.2) is 0 Å². The average molecular weight is 536 g/mol. The average Bonchev–Trinajstić information content (AvgIpc) is 3.36. The summed E-state index contributed by atoms with van der Waals surface area (Å²) in [4.78, 5) is 17.5. The van der Waals surface area contributed by atoms with E-state index in [2.05, 4.69) is 50.9 Å². The predicted octanol–water partition coefficient (Wildman–Crippen LogP) is 5.95. The molecule has 0 saturated carbocycles. The van der Waals surface area contributed by atoms with Crippen LogP contribution in [-0.4, -0.2) is 62.0 Å². The molecule has 38 heavy (non-hydrogen) atoms. The molecule has 0 atom stereocenters. The van der Waals surface area contributed by atoms with Gasteiger partial charge in [0.25, 0.3) is 0 Å². The minimum Gasteiger partial charge on any atom is -0.472 e. The SMILES string of the molecule is C=C(CN1CCCCCC1)N1CCN(c2ccc(-c3ccoc3)cc2)CC1.Nc1ccc(NC=O)cc1Cl. The van der Waals surface area contributed by atoms with Crippen molar-refractivity contribution in [2.24, 2.45) is 0 Å². The highest BCUT2D eigenvalue weighted by atomic mass is 35.5. The first kappa shape index (κ1) is 27.6. The van der Waals surface area contributed by atoms with Gasteiger partial charge in [-0.3, -0.25) is 9.69 Å². The molecule has 0 unspecified atom stereocenters. The van der Waals surface area contributed by atoms with Gasteiger partial charge in [-0.05, 0) is 67.9 Å². The Morgan fingerprint density at radius 2 is 1.66 bits per heavy atom. The predicted molar refractivity (Wildman–Crippen MR) is 158 cm³/mol. The number of nitrogens with zero attached hydrogens (tertiary/aromatic N) is 3. The molecule has 8 heteroatoms. The topological polar surface area (TPSA) is 78.0 Å². The molecule has 2 fully saturated rings. The summed E-state index contributed by atoms with van der Waals surface area (Å²) in [7, 11) is 0. The molecule has 3 heterocycles. The second kappa shape index (κ2) is 13.9. The van der Waals surface area contributed by atoms with Crippen LogP contribution in [-0.2, 0) is 4.79 Å². The van der Waals surface area contributed by atoms with E-state index in [1.54, 1.807) is 30.7 Å². The Morgan fingerprint density at radius 1 is 0.947 bits per heavy atom. The Morgan fingerprint density at radius 3 is 2.26 bits per heavy atom. The molecule has 2 saturated heterocycles. The molecule has 2 aliphatic heterocycles. The number of anilines is 3. The van der Waals surface area contributed by atoms with E-state index in [1.807, 2.05) is 6.07 Å². The van der Waals surface area contributed by atoms with E-state index in [1.165, 1.54) is 55.7 Å². The van der Waals surface area contributed by atoms with Crippen molar-refractivity contribution < 1.29 is 9.21 Å². The fraction of sp³-hybridized carbons (Fsp3) is 0.367. The van der Waals surface area contributed by atoms with Crippen molar-refractivity contribution >= 4 is 35.1 Å². The zero-order valence-electron chi connectivity index (χ0n) is 21.9. The fourth-order valence-corrected chi connectivity index (χ4v) is 5.09. The maximum atomic E-state index is 9.99. The third-order valence-electron chi connectivity index (χ3n) is 7.14. The van der Waals surface area contributed by atoms with Crippen molar-refractivity contribution in [3.05, 3.63) is 78.4 Å². The van der Waals surface area contributed by atoms with E-state index in [-0.39, 0.29) is 0 Å². The molecule has 0 spiro atoms. The molecule has 0 aliphatic carbocycles. The normalized spacial score (nSPS) is 16.2. The largest absolute Gasteiger partial charge is 0.472 e. The summed E-state index contributed by atoms with van der Waals surface area (Å²) in [6.45, 7) is 12.2. The number of hydrogen-bond acceptors (Lipinski definition) is 6. The van der Waals surface area contributed by atoms with Crippen molar-refractivity contribution in [2.75, 3.05) is 61.8 Å². The van der Waals surface area contributed by atoms with Crippen molar-refractivity contribution in [1.29, 1.82) is 0 Å². The van der Waals surface area contributed by atoms with Gasteiger partial charge in [-0.15, -0.1) is 0 Å². The number of amides is 1. The Labute approximate surface area is 230 Å². The zero-order valence-corrected chi connectivity index (χ0v) is 22.7. The first-order valence-electron chi connectivity index (χ1n) is 13.3. The van der Waals surface area contributed by atoms with Crippen LogP contribution in [0.4, 0.5) is 17.1 Å². The number of hydrogen-bond donors (Lipinski definition) is 2. The Kier molecular flexibility index (Phi) is 10.1. The van der Waals surface area contributed by atoms with Gasteiger partial charge in [0.2, 0.25) is 6.41 Å². The molecule has 3 aromatic rings. The molecule has 7 nitrogen and oxygen atoms in total. The number of halogens is 1. The lowest BCUT2D eigenvalue weighted by molar-refractivity contribution is -0.105. The summed E-state index contributed by atoms with van der Waals surface area (Å²) in [5.41, 5.74) is 11.5. The van der Waals surface area contributed by atoms with Crippen LogP contribution in [0.2, 0.25) is 5.02 Å². The number of nitrogens with one attached hydrogen (secondary N) is 1. The number of nitrogens with two attached hydrogens (primary N) is 1. The van der Waals surface area contributed by atoms with E-state index < -0.39 is 0 Å². The number of furan rings is 1. The number of rotatable bonds is 7. The Hall–Kier alpha value is -3.42. The van der Waals surface area contributed by atoms with Crippen molar-refractivity contribution in [3.63, 3.8) is 0 Å². The summed E-state index contributed by atoms with van der Waals surface area (Å²) in [5, 5.41) is 2.90. The van der Waals surface area contributed by atoms with Crippen LogP contribution < -0.4 is 16.0 Å². The lowest BCUT2D eigenvalue weighted by Gasteiger charge is -2.39. The number of carbonyl (C=O) groups is 1. The summed E-state index contributed by atoms with van der Waals surface area (Å²) in [5.74, 6) is 0. The van der Waals surface area contributed by atoms with E-state index in [9.17, 15) is 4.79 Å². The first-order chi connectivity index (χ1) is 18.5. The highest BCUT2D eigenvalue weighted by Crippen LogP contribution is 2.25. The third-order valence-corrected chi connectivity index (χ3v) is 7.47. The summed E-state index contributed by atoms with van der Waals surface area (Å²) in [6.07, 6.45) is 9.57. The molecule has 0 bridgehead atoms. The number of benzene rings is 2. The summed E-state index contributed by atoms with van der Waals surface area (Å²) < 4.78 is 5.18. The Bertz CT molecular complexity index is 1150. The highest BCUT2D eigenvalue weighted by molar-refractivity contribution is 6.33. The van der Waals surface area contributed by atoms with Crippen molar-refractivity contribution in [3.8, 4) is 11.1 Å². The smallest absolute Gasteiger partial charge is 0.211 e. The van der Waals surface area contributed by atoms with E-state index in [4.69, 9.17) is 21.8 Å². The molecular weight excluding hydrogens is 498 g/mol. The van der Waals surface area contributed by atoms with Crippen LogP contribution in [0.1, 0.15) is 25.7 Å². The highest BCUT2D eigenvalue weighted by Gasteiger charge is 2.20. The van der Waals surface area contributed by atoms with Gasteiger partial charge in [0.05, 0.1) is 23.2 Å². The molecule has 0 radical (unpaired) electrons. The molecule has 1 amide bonds. The van der Waals surface area contributed by atoms with Crippen LogP contribution in [0, 0.1) is 0 Å². The maximum Gasteiger partial charge on any atom is 0.211 e. The molecule has 202 valence electrons. The van der Waals surface area contributed by atoms with Gasteiger partial charge < -0.3 is 25.3 Å². The zero-order chi connectivity index (χ0) is 26.7. The van der Waals surface area contributed by atoms with Crippen LogP contribution in [0.3, 0.4) is 0 Å². The third kappa shape index (κ3) is 7.79. The molecule has 3 N–H and O–H groups in total. The minimum absolute atomic E-state index is 0.442. The fourth-order valence-electron chi connectivity index (χ4n) is 4.91. The van der Waals surface area contributed by atoms with Crippen molar-refractivity contribution in [2.45, 2.75) is 25.7 Å². The molecule has 2 aromatic carbocycles. The first-order valence-corrected chi connectivity index (χ1v) is 13.7. The van der Waals surface area contributed by atoms with Gasteiger partial charge in [0.1, 0.15) is 0 Å². The second-order valence-corrected chi connectivity index (χ2v) is 10.2. The van der Waals surface area contributed by atoms with E-state index in [0.717, 1.165) is 38.3 Å². The maximum absolute atomic E-state index is 9.99. The van der Waals surface area contributed by atoms with E-state index in [0.29, 0.717) is 22.8 Å². The van der Waals surface area contributed by atoms with Crippen LogP contribution >= 0.6 is 11.6 Å². The molecule has 1 aromatic heterocycles.